The summed E-state index contributed by atoms with van der Waals surface area (Å²) in [5.41, 5.74) is 0.423. The van der Waals surface area contributed by atoms with Crippen LogP contribution in [0.1, 0.15) is 6.92 Å². The molecule has 2 atom stereocenters. The lowest BCUT2D eigenvalue weighted by Gasteiger charge is -2.30. The number of carboxylic acids is 1. The minimum absolute atomic E-state index is 0.284. The molecule has 7 nitrogen and oxygen atoms in total. The number of nitrogens with zero attached hydrogens (tertiary/aromatic N) is 1. The molecule has 21 heavy (non-hydrogen) atoms. The van der Waals surface area contributed by atoms with E-state index in [-0.39, 0.29) is 6.54 Å². The third-order valence-electron chi connectivity index (χ3n) is 2.78. The van der Waals surface area contributed by atoms with Crippen LogP contribution in [0.4, 0.5) is 5.69 Å². The first-order valence-electron chi connectivity index (χ1n) is 5.98. The maximum Gasteiger partial charge on any atom is 0.326 e. The van der Waals surface area contributed by atoms with E-state index < -0.39 is 34.0 Å². The van der Waals surface area contributed by atoms with Crippen molar-refractivity contribution in [2.24, 2.45) is 0 Å². The smallest absolute Gasteiger partial charge is 0.326 e. The summed E-state index contributed by atoms with van der Waals surface area (Å²) in [6.07, 6.45) is -1.44. The van der Waals surface area contributed by atoms with Gasteiger partial charge in [0.05, 0.1) is 6.10 Å². The average Bonchev–Trinajstić information content (AvgIpc) is 2.32. The van der Waals surface area contributed by atoms with Crippen molar-refractivity contribution in [2.45, 2.75) is 19.1 Å². The molecule has 0 aliphatic rings. The maximum atomic E-state index is 11.1. The third kappa shape index (κ3) is 5.88. The summed E-state index contributed by atoms with van der Waals surface area (Å²) in [5.74, 6) is -2.02. The fourth-order valence-electron chi connectivity index (χ4n) is 1.80. The van der Waals surface area contributed by atoms with E-state index in [1.807, 2.05) is 0 Å². The van der Waals surface area contributed by atoms with Crippen molar-refractivity contribution in [3.8, 4) is 0 Å². The lowest BCUT2D eigenvalue weighted by atomic mass is 10.2. The van der Waals surface area contributed by atoms with Gasteiger partial charge in [-0.3, -0.25) is 4.55 Å². The first-order chi connectivity index (χ1) is 9.60. The van der Waals surface area contributed by atoms with Gasteiger partial charge in [0.1, 0.15) is 11.8 Å². The van der Waals surface area contributed by atoms with Gasteiger partial charge in [-0.05, 0) is 25.1 Å². The molecule has 0 spiro atoms. The lowest BCUT2D eigenvalue weighted by molar-refractivity contribution is -0.138. The van der Waals surface area contributed by atoms with Crippen LogP contribution < -0.4 is 4.90 Å². The van der Waals surface area contributed by atoms with Crippen LogP contribution in [0.5, 0.6) is 0 Å². The first-order valence-corrected chi connectivity index (χ1v) is 7.97. The van der Waals surface area contributed by atoms with Gasteiger partial charge in [0.2, 0.25) is 0 Å². The van der Waals surface area contributed by atoms with Gasteiger partial charge in [-0.25, -0.2) is 4.79 Å². The summed E-state index contributed by atoms with van der Waals surface area (Å²) in [5, 5.41) is 19.2. The number of benzene rings is 1. The van der Waals surface area contributed by atoms with Gasteiger partial charge in [0.25, 0.3) is 10.1 Å². The average molecular weight is 338 g/mol. The number of carbonyl (C=O) groups is 1. The van der Waals surface area contributed by atoms with Crippen LogP contribution in [0, 0.1) is 0 Å². The molecule has 0 amide bonds. The molecule has 0 aliphatic carbocycles. The molecule has 0 heterocycles. The van der Waals surface area contributed by atoms with E-state index in [1.165, 1.54) is 17.9 Å². The number of carboxylic acid groups (broad SMARTS) is 1. The van der Waals surface area contributed by atoms with Crippen molar-refractivity contribution >= 4 is 33.4 Å². The fourth-order valence-corrected chi connectivity index (χ4v) is 2.57. The summed E-state index contributed by atoms with van der Waals surface area (Å²) >= 11 is 5.84. The van der Waals surface area contributed by atoms with E-state index in [9.17, 15) is 18.3 Å². The van der Waals surface area contributed by atoms with E-state index in [2.05, 4.69) is 0 Å². The Labute approximate surface area is 127 Å². The van der Waals surface area contributed by atoms with Gasteiger partial charge in [-0.1, -0.05) is 17.7 Å². The van der Waals surface area contributed by atoms with Crippen molar-refractivity contribution in [3.05, 3.63) is 29.3 Å². The monoisotopic (exact) mass is 337 g/mol. The third-order valence-corrected chi connectivity index (χ3v) is 3.82. The molecule has 0 radical (unpaired) electrons. The molecule has 0 aromatic heterocycles. The minimum atomic E-state index is -4.36. The molecule has 0 bridgehead atoms. The van der Waals surface area contributed by atoms with Crippen LogP contribution in [-0.2, 0) is 14.9 Å². The Morgan fingerprint density at radius 2 is 2.05 bits per heavy atom. The molecule has 2 unspecified atom stereocenters. The Morgan fingerprint density at radius 3 is 2.52 bits per heavy atom. The lowest BCUT2D eigenvalue weighted by Crippen LogP contribution is -2.45. The number of aliphatic hydroxyl groups is 1. The van der Waals surface area contributed by atoms with E-state index in [0.29, 0.717) is 10.7 Å². The molecule has 0 fully saturated rings. The molecular weight excluding hydrogens is 322 g/mol. The molecule has 1 rings (SSSR count). The Bertz CT molecular complexity index is 606. The maximum absolute atomic E-state index is 11.1. The normalized spacial score (nSPS) is 14.5. The van der Waals surface area contributed by atoms with Crippen molar-refractivity contribution in [2.75, 3.05) is 17.2 Å². The summed E-state index contributed by atoms with van der Waals surface area (Å²) in [6.45, 7) is 1.11. The van der Waals surface area contributed by atoms with E-state index >= 15 is 0 Å². The minimum Gasteiger partial charge on any atom is -0.480 e. The Morgan fingerprint density at radius 1 is 1.43 bits per heavy atom. The molecule has 0 saturated carbocycles. The van der Waals surface area contributed by atoms with Crippen molar-refractivity contribution < 1.29 is 28.0 Å². The van der Waals surface area contributed by atoms with Gasteiger partial charge >= 0.3 is 5.97 Å². The zero-order valence-electron chi connectivity index (χ0n) is 11.2. The van der Waals surface area contributed by atoms with Gasteiger partial charge in [0, 0.05) is 17.3 Å². The van der Waals surface area contributed by atoms with Crippen LogP contribution in [-0.4, -0.2) is 53.6 Å². The largest absolute Gasteiger partial charge is 0.480 e. The second-order valence-electron chi connectivity index (χ2n) is 4.55. The van der Waals surface area contributed by atoms with Gasteiger partial charge in [-0.15, -0.1) is 0 Å². The Balaban J connectivity index is 3.01. The fraction of sp³-hybridized carbons (Fsp3) is 0.417. The summed E-state index contributed by atoms with van der Waals surface area (Å²) in [6, 6.07) is 5.28. The number of halogens is 1. The molecule has 118 valence electrons. The summed E-state index contributed by atoms with van der Waals surface area (Å²) < 4.78 is 30.2. The molecule has 0 saturated heterocycles. The zero-order chi connectivity index (χ0) is 16.2. The molecule has 1 aromatic carbocycles. The number of anilines is 1. The predicted molar refractivity (Wildman–Crippen MR) is 78.3 cm³/mol. The SMILES string of the molecule is CC(C(=O)O)N(CC(O)CS(=O)(=O)O)c1cccc(Cl)c1. The number of rotatable bonds is 7. The predicted octanol–water partition coefficient (Wildman–Crippen LogP) is 0.868. The van der Waals surface area contributed by atoms with Crippen LogP contribution in [0.3, 0.4) is 0 Å². The molecular formula is C12H16ClNO6S. The Hall–Kier alpha value is -1.35. The molecule has 0 aliphatic heterocycles. The van der Waals surface area contributed by atoms with E-state index in [0.717, 1.165) is 0 Å². The summed E-state index contributed by atoms with van der Waals surface area (Å²) in [7, 11) is -4.36. The Kier molecular flexibility index (Phi) is 5.97. The highest BCUT2D eigenvalue weighted by Gasteiger charge is 2.25. The first kappa shape index (κ1) is 17.7. The van der Waals surface area contributed by atoms with Crippen LogP contribution in [0.15, 0.2) is 24.3 Å². The summed E-state index contributed by atoms with van der Waals surface area (Å²) in [4.78, 5) is 12.4. The standard InChI is InChI=1S/C12H16ClNO6S/c1-8(12(16)17)14(6-11(15)7-21(18,19)20)10-4-2-3-9(13)5-10/h2-5,8,11,15H,6-7H2,1H3,(H,16,17)(H,18,19,20). The number of aliphatic hydroxyl groups excluding tert-OH is 1. The highest BCUT2D eigenvalue weighted by atomic mass is 35.5. The van der Waals surface area contributed by atoms with Gasteiger partial charge in [-0.2, -0.15) is 8.42 Å². The number of hydrogen-bond acceptors (Lipinski definition) is 5. The highest BCUT2D eigenvalue weighted by Crippen LogP contribution is 2.22. The quantitative estimate of drug-likeness (QED) is 0.632. The van der Waals surface area contributed by atoms with Gasteiger partial charge in [0.15, 0.2) is 0 Å². The second kappa shape index (κ2) is 7.08. The number of aliphatic carboxylic acids is 1. The topological polar surface area (TPSA) is 115 Å². The number of hydrogen-bond donors (Lipinski definition) is 3. The van der Waals surface area contributed by atoms with Crippen LogP contribution >= 0.6 is 11.6 Å². The van der Waals surface area contributed by atoms with Crippen molar-refractivity contribution in [1.82, 2.24) is 0 Å². The van der Waals surface area contributed by atoms with E-state index in [1.54, 1.807) is 18.2 Å². The molecule has 3 N–H and O–H groups in total. The van der Waals surface area contributed by atoms with Gasteiger partial charge < -0.3 is 15.1 Å². The molecule has 1 aromatic rings. The van der Waals surface area contributed by atoms with Crippen molar-refractivity contribution in [1.29, 1.82) is 0 Å². The van der Waals surface area contributed by atoms with Crippen LogP contribution in [0.25, 0.3) is 0 Å². The van der Waals surface area contributed by atoms with Crippen molar-refractivity contribution in [3.63, 3.8) is 0 Å². The van der Waals surface area contributed by atoms with E-state index in [4.69, 9.17) is 21.3 Å². The molecule has 9 heteroatoms. The highest BCUT2D eigenvalue weighted by molar-refractivity contribution is 7.85. The zero-order valence-corrected chi connectivity index (χ0v) is 12.8. The second-order valence-corrected chi connectivity index (χ2v) is 6.48. The van der Waals surface area contributed by atoms with Crippen LogP contribution in [0.2, 0.25) is 5.02 Å².